The second-order valence-corrected chi connectivity index (χ2v) is 5.77. The van der Waals surface area contributed by atoms with E-state index in [1.54, 1.807) is 18.2 Å². The molecule has 2 aromatic carbocycles. The van der Waals surface area contributed by atoms with E-state index in [0.29, 0.717) is 22.4 Å². The minimum atomic E-state index is 0.556. The predicted molar refractivity (Wildman–Crippen MR) is 90.9 cm³/mol. The van der Waals surface area contributed by atoms with Crippen molar-refractivity contribution in [3.8, 4) is 5.75 Å². The lowest BCUT2D eigenvalue weighted by molar-refractivity contribution is 0.308. The third-order valence-electron chi connectivity index (χ3n) is 3.07. The van der Waals surface area contributed by atoms with Crippen molar-refractivity contribution < 1.29 is 4.74 Å². The number of hydrogen-bond acceptors (Lipinski definition) is 2. The maximum atomic E-state index is 6.04. The summed E-state index contributed by atoms with van der Waals surface area (Å²) in [5.41, 5.74) is 2.43. The third kappa shape index (κ3) is 5.49. The predicted octanol–water partition coefficient (Wildman–Crippen LogP) is 5.57. The lowest BCUT2D eigenvalue weighted by atomic mass is 10.2. The van der Waals surface area contributed by atoms with Gasteiger partial charge in [0.1, 0.15) is 5.75 Å². The molecule has 112 valence electrons. The molecule has 2 rings (SSSR count). The lowest BCUT2D eigenvalue weighted by Gasteiger charge is -2.09. The number of rotatable bonds is 7. The molecule has 0 saturated carbocycles. The van der Waals surface area contributed by atoms with Gasteiger partial charge in [0, 0.05) is 17.3 Å². The Balaban J connectivity index is 1.64. The fourth-order valence-electron chi connectivity index (χ4n) is 1.99. The van der Waals surface area contributed by atoms with Gasteiger partial charge in [-0.05, 0) is 55.7 Å². The molecule has 2 aromatic rings. The molecule has 0 heterocycles. The Morgan fingerprint density at radius 3 is 2.67 bits per heavy atom. The van der Waals surface area contributed by atoms with E-state index in [9.17, 15) is 0 Å². The van der Waals surface area contributed by atoms with E-state index in [1.165, 1.54) is 5.56 Å². The number of nitrogens with one attached hydrogen (secondary N) is 1. The molecule has 0 spiro atoms. The molecule has 0 bridgehead atoms. The van der Waals surface area contributed by atoms with Gasteiger partial charge in [-0.2, -0.15) is 0 Å². The second-order valence-electron chi connectivity index (χ2n) is 4.93. The number of halogens is 2. The molecule has 2 nitrogen and oxygen atoms in total. The highest BCUT2D eigenvalue weighted by Crippen LogP contribution is 2.27. The summed E-state index contributed by atoms with van der Waals surface area (Å²) in [6.45, 7) is 3.67. The van der Waals surface area contributed by atoms with E-state index in [1.807, 2.05) is 0 Å². The van der Waals surface area contributed by atoms with E-state index in [0.717, 1.165) is 25.1 Å². The average Bonchev–Trinajstić information content (AvgIpc) is 2.44. The molecule has 1 N–H and O–H groups in total. The van der Waals surface area contributed by atoms with Crippen LogP contribution in [0.1, 0.15) is 18.4 Å². The van der Waals surface area contributed by atoms with Gasteiger partial charge in [0.2, 0.25) is 0 Å². The van der Waals surface area contributed by atoms with Crippen LogP contribution >= 0.6 is 23.2 Å². The van der Waals surface area contributed by atoms with Gasteiger partial charge >= 0.3 is 0 Å². The van der Waals surface area contributed by atoms with Gasteiger partial charge < -0.3 is 10.1 Å². The Morgan fingerprint density at radius 1 is 1.05 bits per heavy atom. The summed E-state index contributed by atoms with van der Waals surface area (Å²) in [7, 11) is 0. The molecule has 0 saturated heterocycles. The molecule has 0 atom stereocenters. The summed E-state index contributed by atoms with van der Waals surface area (Å²) >= 11 is 11.9. The highest BCUT2D eigenvalue weighted by atomic mass is 35.5. The van der Waals surface area contributed by atoms with E-state index < -0.39 is 0 Å². The van der Waals surface area contributed by atoms with Crippen LogP contribution in [0.3, 0.4) is 0 Å². The van der Waals surface area contributed by atoms with Crippen molar-refractivity contribution in [3.63, 3.8) is 0 Å². The van der Waals surface area contributed by atoms with E-state index in [4.69, 9.17) is 27.9 Å². The second kappa shape index (κ2) is 8.16. The first-order valence-electron chi connectivity index (χ1n) is 7.03. The lowest BCUT2D eigenvalue weighted by Crippen LogP contribution is -2.05. The smallest absolute Gasteiger partial charge is 0.137 e. The standard InChI is InChI=1S/C17H19Cl2NO/c1-13-5-4-6-15(11-13)20-9-2-3-10-21-17-8-7-14(18)12-16(17)19/h4-8,11-12,20H,2-3,9-10H2,1H3. The average molecular weight is 324 g/mol. The van der Waals surface area contributed by atoms with Crippen LogP contribution in [0.2, 0.25) is 10.0 Å². The molecule has 0 aliphatic rings. The minimum absolute atomic E-state index is 0.556. The molecule has 0 amide bonds. The first kappa shape index (κ1) is 16.0. The zero-order valence-electron chi connectivity index (χ0n) is 12.0. The molecule has 0 radical (unpaired) electrons. The SMILES string of the molecule is Cc1cccc(NCCCCOc2ccc(Cl)cc2Cl)c1. The van der Waals surface area contributed by atoms with Gasteiger partial charge in [-0.25, -0.2) is 0 Å². The van der Waals surface area contributed by atoms with Crippen molar-refractivity contribution in [3.05, 3.63) is 58.1 Å². The number of hydrogen-bond donors (Lipinski definition) is 1. The highest BCUT2D eigenvalue weighted by molar-refractivity contribution is 6.35. The maximum Gasteiger partial charge on any atom is 0.137 e. The number of benzene rings is 2. The van der Waals surface area contributed by atoms with Crippen molar-refractivity contribution in [1.82, 2.24) is 0 Å². The molecule has 21 heavy (non-hydrogen) atoms. The molecule has 0 aromatic heterocycles. The highest BCUT2D eigenvalue weighted by Gasteiger charge is 2.01. The van der Waals surface area contributed by atoms with Crippen molar-refractivity contribution >= 4 is 28.9 Å². The number of anilines is 1. The Labute approximate surface area is 136 Å². The summed E-state index contributed by atoms with van der Waals surface area (Å²) < 4.78 is 5.64. The molecular formula is C17H19Cl2NO. The molecule has 0 fully saturated rings. The third-order valence-corrected chi connectivity index (χ3v) is 3.60. The number of unbranched alkanes of at least 4 members (excludes halogenated alkanes) is 1. The molecule has 4 heteroatoms. The van der Waals surface area contributed by atoms with Gasteiger partial charge in [0.05, 0.1) is 11.6 Å². The number of ether oxygens (including phenoxy) is 1. The van der Waals surface area contributed by atoms with Gasteiger partial charge in [-0.1, -0.05) is 35.3 Å². The summed E-state index contributed by atoms with van der Waals surface area (Å²) in [6, 6.07) is 13.6. The number of aryl methyl sites for hydroxylation is 1. The zero-order valence-corrected chi connectivity index (χ0v) is 13.5. The Hall–Kier alpha value is -1.38. The van der Waals surface area contributed by atoms with Crippen molar-refractivity contribution in [2.75, 3.05) is 18.5 Å². The van der Waals surface area contributed by atoms with Crippen LogP contribution in [0.4, 0.5) is 5.69 Å². The fraction of sp³-hybridized carbons (Fsp3) is 0.294. The first-order valence-corrected chi connectivity index (χ1v) is 7.79. The quantitative estimate of drug-likeness (QED) is 0.672. The van der Waals surface area contributed by atoms with Crippen LogP contribution in [-0.2, 0) is 0 Å². The van der Waals surface area contributed by atoms with E-state index >= 15 is 0 Å². The Kier molecular flexibility index (Phi) is 6.21. The summed E-state index contributed by atoms with van der Waals surface area (Å²) in [6.07, 6.45) is 2.01. The normalized spacial score (nSPS) is 10.4. The van der Waals surface area contributed by atoms with Crippen LogP contribution in [0.5, 0.6) is 5.75 Å². The van der Waals surface area contributed by atoms with Gasteiger partial charge in [-0.3, -0.25) is 0 Å². The van der Waals surface area contributed by atoms with Gasteiger partial charge in [0.15, 0.2) is 0 Å². The zero-order chi connectivity index (χ0) is 15.1. The van der Waals surface area contributed by atoms with Gasteiger partial charge in [-0.15, -0.1) is 0 Å². The van der Waals surface area contributed by atoms with Crippen LogP contribution in [0, 0.1) is 6.92 Å². The maximum absolute atomic E-state index is 6.04. The first-order chi connectivity index (χ1) is 10.1. The molecule has 0 aliphatic carbocycles. The topological polar surface area (TPSA) is 21.3 Å². The van der Waals surface area contributed by atoms with Crippen LogP contribution in [0.25, 0.3) is 0 Å². The molecular weight excluding hydrogens is 305 g/mol. The molecule has 0 unspecified atom stereocenters. The van der Waals surface area contributed by atoms with Crippen molar-refractivity contribution in [1.29, 1.82) is 0 Å². The minimum Gasteiger partial charge on any atom is -0.492 e. The summed E-state index contributed by atoms with van der Waals surface area (Å²) in [4.78, 5) is 0. The van der Waals surface area contributed by atoms with Crippen molar-refractivity contribution in [2.45, 2.75) is 19.8 Å². The Bertz CT molecular complexity index is 587. The van der Waals surface area contributed by atoms with Crippen LogP contribution < -0.4 is 10.1 Å². The van der Waals surface area contributed by atoms with Crippen LogP contribution in [0.15, 0.2) is 42.5 Å². The summed E-state index contributed by atoms with van der Waals surface area (Å²) in [5, 5.41) is 4.58. The van der Waals surface area contributed by atoms with E-state index in [-0.39, 0.29) is 0 Å². The van der Waals surface area contributed by atoms with E-state index in [2.05, 4.69) is 36.5 Å². The largest absolute Gasteiger partial charge is 0.492 e. The fourth-order valence-corrected chi connectivity index (χ4v) is 2.45. The van der Waals surface area contributed by atoms with Crippen molar-refractivity contribution in [2.24, 2.45) is 0 Å². The van der Waals surface area contributed by atoms with Gasteiger partial charge in [0.25, 0.3) is 0 Å². The Morgan fingerprint density at radius 2 is 1.90 bits per heavy atom. The monoisotopic (exact) mass is 323 g/mol. The van der Waals surface area contributed by atoms with Crippen LogP contribution in [-0.4, -0.2) is 13.2 Å². The summed E-state index contributed by atoms with van der Waals surface area (Å²) in [5.74, 6) is 0.688. The molecule has 0 aliphatic heterocycles.